The Morgan fingerprint density at radius 2 is 1.10 bits per heavy atom. The average Bonchev–Trinajstić information content (AvgIpc) is 1.67. The van der Waals surface area contributed by atoms with E-state index in [1.54, 1.807) is 0 Å². The summed E-state index contributed by atoms with van der Waals surface area (Å²) >= 11 is 0. The minimum absolute atomic E-state index is 0. The summed E-state index contributed by atoms with van der Waals surface area (Å²) in [5.41, 5.74) is 22.3. The van der Waals surface area contributed by atoms with Crippen LogP contribution < -0.4 is 14.5 Å². The van der Waals surface area contributed by atoms with Crippen molar-refractivity contribution in [3.8, 4) is 84.1 Å². The van der Waals surface area contributed by atoms with Crippen LogP contribution in [0.15, 0.2) is 261 Å². The van der Waals surface area contributed by atoms with E-state index in [1.807, 2.05) is 12.3 Å². The standard InChI is InChI=1S/C81H61N6O.Pt/c1-81(2,3)62-41-42-82-79(48-62)87-73-35-17-16-32-68(73)69-39-38-64(50-74(69)87)88-65-46-61(80-66(56-26-12-6-13-27-56)33-21-34-67(80)57-28-14-7-15-29-57)45-63(49-65)85-53-86(77-52-75-71(51-76(77)85)83-78-36-18-19-43-84(75)78)72-40-37-59(55-24-10-5-11-25-55)47-70(72)60-31-20-30-58(44-60)54-22-8-4-9-23-54;/h4-17,20-35,37-42,44-48,51-53H,18-19,36,43H2,1-3H3;/q-3;. The van der Waals surface area contributed by atoms with Gasteiger partial charge in [-0.3, -0.25) is 0 Å². The number of aryl methyl sites for hydroxylation is 2. The third kappa shape index (κ3) is 10.2. The van der Waals surface area contributed by atoms with Crippen molar-refractivity contribution in [1.29, 1.82) is 0 Å². The Kier molecular flexibility index (Phi) is 14.3. The molecule has 0 amide bonds. The third-order valence-corrected chi connectivity index (χ3v) is 17.6. The summed E-state index contributed by atoms with van der Waals surface area (Å²) in [7, 11) is 0. The van der Waals surface area contributed by atoms with E-state index in [1.165, 1.54) is 11.1 Å². The van der Waals surface area contributed by atoms with E-state index in [9.17, 15) is 0 Å². The number of anilines is 4. The van der Waals surface area contributed by atoms with Crippen molar-refractivity contribution in [3.63, 3.8) is 0 Å². The first-order chi connectivity index (χ1) is 43.2. The molecule has 0 fully saturated rings. The van der Waals surface area contributed by atoms with Gasteiger partial charge in [0.25, 0.3) is 0 Å². The number of fused-ring (bicyclic) bond motifs is 7. The number of hydrogen-bond donors (Lipinski definition) is 0. The number of nitrogens with zero attached hydrogens (tertiary/aromatic N) is 6. The predicted molar refractivity (Wildman–Crippen MR) is 362 cm³/mol. The zero-order valence-electron chi connectivity index (χ0n) is 49.6. The molecule has 0 radical (unpaired) electrons. The number of hydrogen-bond acceptors (Lipinski definition) is 5. The normalized spacial score (nSPS) is 13.0. The van der Waals surface area contributed by atoms with Crippen LogP contribution in [0.2, 0.25) is 0 Å². The molecule has 434 valence electrons. The van der Waals surface area contributed by atoms with Crippen LogP contribution in [0.4, 0.5) is 22.7 Å². The second-order valence-corrected chi connectivity index (χ2v) is 24.1. The van der Waals surface area contributed by atoms with Gasteiger partial charge in [0.1, 0.15) is 11.6 Å². The summed E-state index contributed by atoms with van der Waals surface area (Å²) in [4.78, 5) is 15.1. The Morgan fingerprint density at radius 1 is 0.461 bits per heavy atom. The molecule has 5 heterocycles. The van der Waals surface area contributed by atoms with Gasteiger partial charge in [0.2, 0.25) is 0 Å². The first kappa shape index (κ1) is 55.5. The fourth-order valence-corrected chi connectivity index (χ4v) is 13.2. The van der Waals surface area contributed by atoms with E-state index in [0.717, 1.165) is 154 Å². The van der Waals surface area contributed by atoms with Gasteiger partial charge >= 0.3 is 0 Å². The van der Waals surface area contributed by atoms with Crippen LogP contribution >= 0.6 is 0 Å². The van der Waals surface area contributed by atoms with Gasteiger partial charge in [0.15, 0.2) is 0 Å². The van der Waals surface area contributed by atoms with Gasteiger partial charge in [0.05, 0.1) is 11.0 Å². The summed E-state index contributed by atoms with van der Waals surface area (Å²) < 4.78 is 12.0. The van der Waals surface area contributed by atoms with Crippen molar-refractivity contribution in [1.82, 2.24) is 19.1 Å². The van der Waals surface area contributed by atoms with Crippen molar-refractivity contribution in [2.45, 2.75) is 52.0 Å². The van der Waals surface area contributed by atoms with Crippen LogP contribution in [0.3, 0.4) is 0 Å². The van der Waals surface area contributed by atoms with Gasteiger partial charge in [-0.1, -0.05) is 208 Å². The number of aromatic nitrogens is 4. The summed E-state index contributed by atoms with van der Waals surface area (Å²) in [5, 5.41) is 2.18. The Bertz CT molecular complexity index is 4910. The molecule has 0 bridgehead atoms. The van der Waals surface area contributed by atoms with Gasteiger partial charge < -0.3 is 23.7 Å². The number of pyridine rings is 1. The second kappa shape index (κ2) is 22.9. The number of ether oxygens (including phenoxy) is 1. The maximum Gasteiger partial charge on any atom is 0.135 e. The van der Waals surface area contributed by atoms with Crippen LogP contribution in [0, 0.1) is 18.8 Å². The van der Waals surface area contributed by atoms with Crippen LogP contribution in [-0.2, 0) is 39.4 Å². The van der Waals surface area contributed by atoms with E-state index in [2.05, 4.69) is 307 Å². The molecule has 0 saturated carbocycles. The third-order valence-electron chi connectivity index (χ3n) is 17.6. The first-order valence-corrected chi connectivity index (χ1v) is 30.5. The van der Waals surface area contributed by atoms with Gasteiger partial charge in [0, 0.05) is 79.9 Å². The second-order valence-electron chi connectivity index (χ2n) is 24.1. The summed E-state index contributed by atoms with van der Waals surface area (Å²) in [6, 6.07) is 99.1. The first-order valence-electron chi connectivity index (χ1n) is 30.5. The Morgan fingerprint density at radius 3 is 1.82 bits per heavy atom. The molecule has 0 spiro atoms. The van der Waals surface area contributed by atoms with Crippen molar-refractivity contribution in [3.05, 3.63) is 291 Å². The number of para-hydroxylation sites is 1. The zero-order valence-corrected chi connectivity index (χ0v) is 51.9. The maximum absolute atomic E-state index is 7.29. The van der Waals surface area contributed by atoms with E-state index in [4.69, 9.17) is 14.7 Å². The Hall–Kier alpha value is -10.1. The van der Waals surface area contributed by atoms with Gasteiger partial charge in [-0.25, -0.2) is 9.97 Å². The fraction of sp³-hybridized carbons (Fsp3) is 0.0988. The number of imidazole rings is 1. The largest absolute Gasteiger partial charge is 0.509 e. The van der Waals surface area contributed by atoms with E-state index >= 15 is 0 Å². The van der Waals surface area contributed by atoms with Gasteiger partial charge in [-0.15, -0.1) is 53.6 Å². The summed E-state index contributed by atoms with van der Waals surface area (Å²) in [6.45, 7) is 9.90. The topological polar surface area (TPSA) is 51.4 Å². The van der Waals surface area contributed by atoms with Crippen LogP contribution in [-0.4, -0.2) is 19.1 Å². The molecular weight excluding hydrogens is 1270 g/mol. The fourth-order valence-electron chi connectivity index (χ4n) is 13.2. The molecule has 0 unspecified atom stereocenters. The van der Waals surface area contributed by atoms with Crippen LogP contribution in [0.5, 0.6) is 11.5 Å². The molecule has 11 aromatic carbocycles. The molecule has 0 atom stereocenters. The summed E-state index contributed by atoms with van der Waals surface area (Å²) in [5.74, 6) is 3.06. The molecule has 8 heteroatoms. The minimum atomic E-state index is -0.0787. The van der Waals surface area contributed by atoms with E-state index in [-0.39, 0.29) is 26.5 Å². The molecular formula is C81H61N6OPt-3. The Balaban J connectivity index is 0.00000663. The van der Waals surface area contributed by atoms with Crippen molar-refractivity contribution < 1.29 is 25.8 Å². The molecule has 0 saturated heterocycles. The molecule has 2 aliphatic heterocycles. The number of rotatable bonds is 11. The maximum atomic E-state index is 7.29. The van der Waals surface area contributed by atoms with E-state index in [0.29, 0.717) is 11.5 Å². The van der Waals surface area contributed by atoms with E-state index < -0.39 is 0 Å². The molecule has 2 aliphatic rings. The molecule has 16 rings (SSSR count). The average molecular weight is 1330 g/mol. The zero-order chi connectivity index (χ0) is 58.9. The molecule has 0 N–H and O–H groups in total. The van der Waals surface area contributed by atoms with Crippen molar-refractivity contribution >= 4 is 55.6 Å². The predicted octanol–water partition coefficient (Wildman–Crippen LogP) is 21.0. The molecule has 0 aliphatic carbocycles. The Labute approximate surface area is 534 Å². The summed E-state index contributed by atoms with van der Waals surface area (Å²) in [6.07, 6.45) is 5.11. The van der Waals surface area contributed by atoms with Crippen molar-refractivity contribution in [2.24, 2.45) is 0 Å². The van der Waals surface area contributed by atoms with Gasteiger partial charge in [-0.05, 0) is 133 Å². The van der Waals surface area contributed by atoms with Gasteiger partial charge in [-0.2, -0.15) is 6.07 Å². The number of benzene rings is 11. The quantitative estimate of drug-likeness (QED) is 0.121. The SMILES string of the molecule is CC(C)(C)c1ccnc(-n2c3[c-]c(Oc4[c-]c(N5[CH-]N(c6ccc(-c7ccccc7)cc6-c6cccc(-c7ccccc7)c6)c6cc7c(cc65)nc5n7CCCC5)cc(-c5c(-c6ccccc6)cccc5-c5ccccc5)c4)ccc3c3ccccc32)c1.[Pt]. The molecule has 89 heavy (non-hydrogen) atoms. The minimum Gasteiger partial charge on any atom is -0.509 e. The molecule has 7 nitrogen and oxygen atoms in total. The molecule has 14 aromatic rings. The van der Waals surface area contributed by atoms with Crippen LogP contribution in [0.1, 0.15) is 45.0 Å². The van der Waals surface area contributed by atoms with Crippen molar-refractivity contribution in [2.75, 3.05) is 9.80 Å². The smallest absolute Gasteiger partial charge is 0.135 e. The van der Waals surface area contributed by atoms with Crippen LogP contribution in [0.25, 0.3) is 105 Å². The molecule has 3 aromatic heterocycles. The monoisotopic (exact) mass is 1330 g/mol.